The zero-order valence-corrected chi connectivity index (χ0v) is 8.85. The van der Waals surface area contributed by atoms with Gasteiger partial charge in [0.15, 0.2) is 0 Å². The number of imidazole rings is 1. The van der Waals surface area contributed by atoms with Gasteiger partial charge in [-0.2, -0.15) is 0 Å². The Morgan fingerprint density at radius 2 is 2.00 bits per heavy atom. The van der Waals surface area contributed by atoms with Crippen LogP contribution in [0.5, 0.6) is 0 Å². The number of aromatic nitrogens is 2. The summed E-state index contributed by atoms with van der Waals surface area (Å²) in [6.07, 6.45) is 3.82. The summed E-state index contributed by atoms with van der Waals surface area (Å²) < 4.78 is 2.12. The molecule has 1 aromatic heterocycles. The van der Waals surface area contributed by atoms with Crippen LogP contribution in [0.2, 0.25) is 0 Å². The summed E-state index contributed by atoms with van der Waals surface area (Å²) in [5.41, 5.74) is 7.84. The third-order valence-electron chi connectivity index (χ3n) is 2.50. The molecule has 0 radical (unpaired) electrons. The van der Waals surface area contributed by atoms with Crippen LogP contribution in [0.1, 0.15) is 12.5 Å². The van der Waals surface area contributed by atoms with E-state index in [2.05, 4.69) is 28.6 Å². The minimum Gasteiger partial charge on any atom is -0.331 e. The van der Waals surface area contributed by atoms with Crippen LogP contribution < -0.4 is 5.73 Å². The van der Waals surface area contributed by atoms with Gasteiger partial charge in [-0.25, -0.2) is 4.98 Å². The zero-order valence-electron chi connectivity index (χ0n) is 8.85. The van der Waals surface area contributed by atoms with Crippen molar-refractivity contribution in [2.75, 3.05) is 0 Å². The van der Waals surface area contributed by atoms with Gasteiger partial charge >= 0.3 is 0 Å². The number of rotatable bonds is 3. The van der Waals surface area contributed by atoms with Crippen molar-refractivity contribution in [2.24, 2.45) is 5.73 Å². The van der Waals surface area contributed by atoms with Gasteiger partial charge in [-0.05, 0) is 12.5 Å². The van der Waals surface area contributed by atoms with Crippen LogP contribution in [0, 0.1) is 0 Å². The minimum absolute atomic E-state index is 0.586. The fraction of sp³-hybridized carbons (Fsp3) is 0.250. The first-order valence-electron chi connectivity index (χ1n) is 5.15. The highest BCUT2D eigenvalue weighted by Gasteiger charge is 2.03. The molecular formula is C12H15N3. The summed E-state index contributed by atoms with van der Waals surface area (Å²) in [4.78, 5) is 4.34. The normalized spacial score (nSPS) is 10.5. The summed E-state index contributed by atoms with van der Waals surface area (Å²) in [6, 6.07) is 8.22. The molecule has 1 aromatic carbocycles. The van der Waals surface area contributed by atoms with Crippen molar-refractivity contribution >= 4 is 0 Å². The molecule has 0 spiro atoms. The molecule has 0 saturated carbocycles. The van der Waals surface area contributed by atoms with Crippen molar-refractivity contribution in [3.8, 4) is 11.4 Å². The lowest BCUT2D eigenvalue weighted by Gasteiger charge is -2.05. The van der Waals surface area contributed by atoms with Gasteiger partial charge in [-0.15, -0.1) is 0 Å². The summed E-state index contributed by atoms with van der Waals surface area (Å²) >= 11 is 0. The molecule has 1 heterocycles. The average Bonchev–Trinajstić information content (AvgIpc) is 2.77. The Morgan fingerprint density at radius 3 is 2.60 bits per heavy atom. The maximum absolute atomic E-state index is 5.55. The van der Waals surface area contributed by atoms with E-state index in [0.29, 0.717) is 6.54 Å². The van der Waals surface area contributed by atoms with Crippen LogP contribution in [-0.2, 0) is 13.1 Å². The largest absolute Gasteiger partial charge is 0.331 e. The SMILES string of the molecule is CCn1ccnc1-c1ccc(CN)cc1. The number of nitrogens with zero attached hydrogens (tertiary/aromatic N) is 2. The van der Waals surface area contributed by atoms with Gasteiger partial charge in [0.1, 0.15) is 5.82 Å². The molecule has 0 aliphatic rings. The zero-order chi connectivity index (χ0) is 10.7. The number of nitrogens with two attached hydrogens (primary N) is 1. The molecule has 0 bridgehead atoms. The topological polar surface area (TPSA) is 43.8 Å². The summed E-state index contributed by atoms with van der Waals surface area (Å²) in [5, 5.41) is 0. The number of hydrogen-bond donors (Lipinski definition) is 1. The second-order valence-electron chi connectivity index (χ2n) is 3.44. The quantitative estimate of drug-likeness (QED) is 0.825. The first-order chi connectivity index (χ1) is 7.35. The van der Waals surface area contributed by atoms with Crippen LogP contribution in [0.3, 0.4) is 0 Å². The predicted molar refractivity (Wildman–Crippen MR) is 61.2 cm³/mol. The highest BCUT2D eigenvalue weighted by atomic mass is 15.0. The summed E-state index contributed by atoms with van der Waals surface area (Å²) in [6.45, 7) is 3.63. The summed E-state index contributed by atoms with van der Waals surface area (Å²) in [7, 11) is 0. The van der Waals surface area contributed by atoms with E-state index in [9.17, 15) is 0 Å². The Labute approximate surface area is 89.6 Å². The predicted octanol–water partition coefficient (Wildman–Crippen LogP) is 2.03. The van der Waals surface area contributed by atoms with Gasteiger partial charge in [-0.1, -0.05) is 24.3 Å². The van der Waals surface area contributed by atoms with Crippen molar-refractivity contribution in [1.82, 2.24) is 9.55 Å². The van der Waals surface area contributed by atoms with Crippen LogP contribution >= 0.6 is 0 Å². The van der Waals surface area contributed by atoms with Gasteiger partial charge in [0.2, 0.25) is 0 Å². The third-order valence-corrected chi connectivity index (χ3v) is 2.50. The fourth-order valence-electron chi connectivity index (χ4n) is 1.61. The molecular weight excluding hydrogens is 186 g/mol. The lowest BCUT2D eigenvalue weighted by atomic mass is 10.1. The standard InChI is InChI=1S/C12H15N3/c1-2-15-8-7-14-12(15)11-5-3-10(9-13)4-6-11/h3-8H,2,9,13H2,1H3. The van der Waals surface area contributed by atoms with E-state index in [-0.39, 0.29) is 0 Å². The Hall–Kier alpha value is -1.61. The van der Waals surface area contributed by atoms with Crippen LogP contribution in [0.15, 0.2) is 36.7 Å². The van der Waals surface area contributed by atoms with E-state index in [1.54, 1.807) is 0 Å². The molecule has 0 unspecified atom stereocenters. The average molecular weight is 201 g/mol. The Kier molecular flexibility index (Phi) is 2.83. The summed E-state index contributed by atoms with van der Waals surface area (Å²) in [5.74, 6) is 1.01. The van der Waals surface area contributed by atoms with Crippen LogP contribution in [0.4, 0.5) is 0 Å². The van der Waals surface area contributed by atoms with E-state index in [0.717, 1.165) is 23.5 Å². The number of benzene rings is 1. The Balaban J connectivity index is 2.37. The molecule has 2 aromatic rings. The third kappa shape index (κ3) is 1.92. The molecule has 78 valence electrons. The maximum atomic E-state index is 5.55. The number of aryl methyl sites for hydroxylation is 1. The van der Waals surface area contributed by atoms with Crippen molar-refractivity contribution < 1.29 is 0 Å². The molecule has 0 aliphatic carbocycles. The lowest BCUT2D eigenvalue weighted by molar-refractivity contribution is 0.771. The molecule has 3 nitrogen and oxygen atoms in total. The van der Waals surface area contributed by atoms with Crippen molar-refractivity contribution in [3.63, 3.8) is 0 Å². The van der Waals surface area contributed by atoms with Gasteiger partial charge < -0.3 is 10.3 Å². The van der Waals surface area contributed by atoms with E-state index in [1.165, 1.54) is 0 Å². The van der Waals surface area contributed by atoms with Gasteiger partial charge in [0.05, 0.1) is 0 Å². The molecule has 2 rings (SSSR count). The van der Waals surface area contributed by atoms with E-state index in [4.69, 9.17) is 5.73 Å². The number of hydrogen-bond acceptors (Lipinski definition) is 2. The Bertz CT molecular complexity index is 428. The van der Waals surface area contributed by atoms with Crippen molar-refractivity contribution in [2.45, 2.75) is 20.0 Å². The molecule has 0 atom stereocenters. The first kappa shape index (κ1) is 9.93. The van der Waals surface area contributed by atoms with Gasteiger partial charge in [0, 0.05) is 31.0 Å². The lowest BCUT2D eigenvalue weighted by Crippen LogP contribution is -1.98. The molecule has 3 heteroatoms. The van der Waals surface area contributed by atoms with Crippen molar-refractivity contribution in [1.29, 1.82) is 0 Å². The van der Waals surface area contributed by atoms with E-state index >= 15 is 0 Å². The molecule has 0 saturated heterocycles. The molecule has 0 amide bonds. The monoisotopic (exact) mass is 201 g/mol. The second kappa shape index (κ2) is 4.28. The van der Waals surface area contributed by atoms with Crippen LogP contribution in [-0.4, -0.2) is 9.55 Å². The molecule has 2 N–H and O–H groups in total. The highest BCUT2D eigenvalue weighted by Crippen LogP contribution is 2.17. The molecule has 0 aliphatic heterocycles. The highest BCUT2D eigenvalue weighted by molar-refractivity contribution is 5.55. The van der Waals surface area contributed by atoms with Gasteiger partial charge in [0.25, 0.3) is 0 Å². The minimum atomic E-state index is 0.586. The van der Waals surface area contributed by atoms with Gasteiger partial charge in [-0.3, -0.25) is 0 Å². The maximum Gasteiger partial charge on any atom is 0.139 e. The smallest absolute Gasteiger partial charge is 0.139 e. The van der Waals surface area contributed by atoms with Crippen molar-refractivity contribution in [3.05, 3.63) is 42.2 Å². The first-order valence-corrected chi connectivity index (χ1v) is 5.15. The van der Waals surface area contributed by atoms with E-state index < -0.39 is 0 Å². The van der Waals surface area contributed by atoms with Crippen LogP contribution in [0.25, 0.3) is 11.4 Å². The Morgan fingerprint density at radius 1 is 1.27 bits per heavy atom. The fourth-order valence-corrected chi connectivity index (χ4v) is 1.61. The molecule has 0 fully saturated rings. The van der Waals surface area contributed by atoms with E-state index in [1.807, 2.05) is 24.5 Å². The molecule has 15 heavy (non-hydrogen) atoms. The second-order valence-corrected chi connectivity index (χ2v) is 3.44.